The Morgan fingerprint density at radius 2 is 1.13 bits per heavy atom. The van der Waals surface area contributed by atoms with Crippen LogP contribution in [0.5, 0.6) is 5.75 Å². The number of rotatable bonds is 20. The number of carbonyl (C=O) groups is 5. The molecule has 3 aromatic carbocycles. The number of amides is 4. The molecule has 0 aromatic heterocycles. The van der Waals surface area contributed by atoms with Gasteiger partial charge in [-0.3, -0.25) is 24.0 Å². The number of carboxylic acid groups (broad SMARTS) is 1. The lowest BCUT2D eigenvalue weighted by Gasteiger charge is -2.31. The number of hydrogen-bond donors (Lipinski definition) is 3. The molecule has 288 valence electrons. The monoisotopic (exact) mass is 779 g/mol. The summed E-state index contributed by atoms with van der Waals surface area (Å²) in [6.07, 6.45) is -0.167. The normalized spacial score (nSPS) is 13.3. The first kappa shape index (κ1) is 42.1. The third-order valence-corrected chi connectivity index (χ3v) is 10.0. The highest BCUT2D eigenvalue weighted by Crippen LogP contribution is 2.44. The van der Waals surface area contributed by atoms with Gasteiger partial charge in [0.05, 0.1) is 47.3 Å². The van der Waals surface area contributed by atoms with Gasteiger partial charge in [-0.05, 0) is 100 Å². The Morgan fingerprint density at radius 3 is 1.54 bits per heavy atom. The SMILES string of the molecule is COCCNC(=O)c1ccc(SC2=C(Sc3ccc(C(=O)NCCOC)cc3)C(=O)N(c3ccc(OC(C)(C)COC(C)(C)CC(=O)O)cc3)C2=O)cc1. The van der Waals surface area contributed by atoms with E-state index in [9.17, 15) is 24.0 Å². The first-order valence-electron chi connectivity index (χ1n) is 17.0. The number of ether oxygens (including phenoxy) is 4. The van der Waals surface area contributed by atoms with Crippen LogP contribution in [0.15, 0.2) is 92.4 Å². The smallest absolute Gasteiger partial charge is 0.306 e. The van der Waals surface area contributed by atoms with Crippen LogP contribution in [0.2, 0.25) is 0 Å². The summed E-state index contributed by atoms with van der Waals surface area (Å²) in [5, 5.41) is 14.7. The molecule has 0 aliphatic carbocycles. The number of thioether (sulfide) groups is 2. The molecule has 4 amide bonds. The first-order chi connectivity index (χ1) is 25.6. The van der Waals surface area contributed by atoms with Crippen LogP contribution in [-0.4, -0.2) is 93.0 Å². The maximum absolute atomic E-state index is 14.1. The molecular formula is C39H45N3O10S2. The summed E-state index contributed by atoms with van der Waals surface area (Å²) < 4.78 is 21.9. The lowest BCUT2D eigenvalue weighted by atomic mass is 10.0. The van der Waals surface area contributed by atoms with Gasteiger partial charge < -0.3 is 34.7 Å². The second-order valence-electron chi connectivity index (χ2n) is 13.3. The number of nitrogens with one attached hydrogen (secondary N) is 2. The number of nitrogens with zero attached hydrogens (tertiary/aromatic N) is 1. The topological polar surface area (TPSA) is 170 Å². The predicted octanol–water partition coefficient (Wildman–Crippen LogP) is 5.54. The average molecular weight is 780 g/mol. The third kappa shape index (κ3) is 11.9. The molecule has 15 heteroatoms. The van der Waals surface area contributed by atoms with E-state index in [4.69, 9.17) is 24.1 Å². The molecule has 3 aromatic rings. The molecule has 1 aliphatic rings. The quantitative estimate of drug-likeness (QED) is 0.0969. The van der Waals surface area contributed by atoms with E-state index in [0.29, 0.717) is 58.7 Å². The van der Waals surface area contributed by atoms with Crippen molar-refractivity contribution in [1.82, 2.24) is 10.6 Å². The van der Waals surface area contributed by atoms with Crippen LogP contribution in [0, 0.1) is 0 Å². The molecule has 4 rings (SSSR count). The standard InChI is InChI=1S/C39H45N3O10S2/c1-38(2,23-31(43)44)51-24-39(3,4)52-28-13-11-27(12-14-28)42-36(47)32(53-29-15-7-25(8-16-29)34(45)40-19-21-49-5)33(37(42)48)54-30-17-9-26(10-18-30)35(46)41-20-22-50-6/h7-18H,19-24H2,1-6H3,(H,40,45)(H,41,46)(H,43,44). The van der Waals surface area contributed by atoms with Crippen LogP contribution >= 0.6 is 23.5 Å². The summed E-state index contributed by atoms with van der Waals surface area (Å²) in [6.45, 7) is 8.59. The lowest BCUT2D eigenvalue weighted by Crippen LogP contribution is -2.39. The minimum absolute atomic E-state index is 0.113. The van der Waals surface area contributed by atoms with E-state index in [2.05, 4.69) is 10.6 Å². The second-order valence-corrected chi connectivity index (χ2v) is 15.5. The van der Waals surface area contributed by atoms with Crippen molar-refractivity contribution in [3.8, 4) is 5.75 Å². The van der Waals surface area contributed by atoms with Gasteiger partial charge in [0.2, 0.25) is 0 Å². The molecule has 0 saturated heterocycles. The molecule has 1 aliphatic heterocycles. The number of carbonyl (C=O) groups excluding carboxylic acids is 4. The van der Waals surface area contributed by atoms with Gasteiger partial charge in [0.15, 0.2) is 0 Å². The van der Waals surface area contributed by atoms with Crippen molar-refractivity contribution in [1.29, 1.82) is 0 Å². The summed E-state index contributed by atoms with van der Waals surface area (Å²) in [5.41, 5.74) is -0.531. The van der Waals surface area contributed by atoms with Crippen LogP contribution in [0.25, 0.3) is 0 Å². The molecular weight excluding hydrogens is 735 g/mol. The van der Waals surface area contributed by atoms with Gasteiger partial charge in [-0.2, -0.15) is 0 Å². The Kier molecular flexibility index (Phi) is 14.9. The lowest BCUT2D eigenvalue weighted by molar-refractivity contribution is -0.147. The van der Waals surface area contributed by atoms with E-state index in [-0.39, 0.29) is 34.7 Å². The fourth-order valence-corrected chi connectivity index (χ4v) is 7.00. The zero-order valence-electron chi connectivity index (χ0n) is 31.1. The van der Waals surface area contributed by atoms with Crippen LogP contribution in [0.1, 0.15) is 54.8 Å². The van der Waals surface area contributed by atoms with Crippen LogP contribution in [0.3, 0.4) is 0 Å². The number of anilines is 1. The van der Waals surface area contributed by atoms with Crippen molar-refractivity contribution in [3.63, 3.8) is 0 Å². The number of benzene rings is 3. The molecule has 13 nitrogen and oxygen atoms in total. The summed E-state index contributed by atoms with van der Waals surface area (Å²) in [4.78, 5) is 67.1. The van der Waals surface area contributed by atoms with E-state index < -0.39 is 29.0 Å². The van der Waals surface area contributed by atoms with Crippen LogP contribution in [0.4, 0.5) is 5.69 Å². The Labute approximate surface area is 323 Å². The van der Waals surface area contributed by atoms with Gasteiger partial charge in [-0.15, -0.1) is 0 Å². The molecule has 0 atom stereocenters. The van der Waals surface area contributed by atoms with Gasteiger partial charge >= 0.3 is 5.97 Å². The largest absolute Gasteiger partial charge is 0.485 e. The maximum atomic E-state index is 14.1. The molecule has 1 heterocycles. The van der Waals surface area contributed by atoms with E-state index >= 15 is 0 Å². The highest BCUT2D eigenvalue weighted by atomic mass is 32.2. The maximum Gasteiger partial charge on any atom is 0.306 e. The van der Waals surface area contributed by atoms with Crippen molar-refractivity contribution in [2.24, 2.45) is 0 Å². The molecule has 3 N–H and O–H groups in total. The first-order valence-corrected chi connectivity index (χ1v) is 18.6. The Bertz CT molecular complexity index is 1750. The van der Waals surface area contributed by atoms with Crippen molar-refractivity contribution < 1.29 is 48.0 Å². The number of imide groups is 1. The Hall–Kier alpha value is -4.67. The van der Waals surface area contributed by atoms with E-state index in [1.165, 1.54) is 0 Å². The van der Waals surface area contributed by atoms with Gasteiger partial charge in [0, 0.05) is 48.2 Å². The number of aliphatic carboxylic acids is 1. The van der Waals surface area contributed by atoms with Gasteiger partial charge in [0.1, 0.15) is 11.4 Å². The number of methoxy groups -OCH3 is 2. The number of carboxylic acids is 1. The summed E-state index contributed by atoms with van der Waals surface area (Å²) in [6, 6.07) is 19.9. The van der Waals surface area contributed by atoms with Crippen molar-refractivity contribution >= 4 is 58.8 Å². The van der Waals surface area contributed by atoms with Crippen molar-refractivity contribution in [2.75, 3.05) is 52.0 Å². The molecule has 0 fully saturated rings. The number of hydrogen-bond acceptors (Lipinski definition) is 11. The third-order valence-electron chi connectivity index (χ3n) is 7.73. The van der Waals surface area contributed by atoms with E-state index in [1.807, 2.05) is 13.8 Å². The van der Waals surface area contributed by atoms with E-state index in [0.717, 1.165) is 28.4 Å². The minimum atomic E-state index is -0.967. The van der Waals surface area contributed by atoms with Gasteiger partial charge in [0.25, 0.3) is 23.6 Å². The van der Waals surface area contributed by atoms with Crippen LogP contribution < -0.4 is 20.3 Å². The molecule has 0 spiro atoms. The van der Waals surface area contributed by atoms with Crippen molar-refractivity contribution in [3.05, 3.63) is 93.7 Å². The summed E-state index contributed by atoms with van der Waals surface area (Å²) in [5.74, 6) is -2.09. The molecule has 0 saturated carbocycles. The zero-order valence-corrected chi connectivity index (χ0v) is 32.7. The molecule has 0 unspecified atom stereocenters. The summed E-state index contributed by atoms with van der Waals surface area (Å²) in [7, 11) is 3.10. The predicted molar refractivity (Wildman–Crippen MR) is 206 cm³/mol. The summed E-state index contributed by atoms with van der Waals surface area (Å²) >= 11 is 2.23. The molecule has 54 heavy (non-hydrogen) atoms. The highest BCUT2D eigenvalue weighted by molar-refractivity contribution is 8.08. The van der Waals surface area contributed by atoms with Crippen molar-refractivity contribution in [2.45, 2.75) is 55.1 Å². The van der Waals surface area contributed by atoms with E-state index in [1.54, 1.807) is 101 Å². The average Bonchev–Trinajstić information content (AvgIpc) is 3.35. The van der Waals surface area contributed by atoms with Gasteiger partial charge in [-0.1, -0.05) is 23.5 Å². The zero-order chi connectivity index (χ0) is 39.5. The Balaban J connectivity index is 1.55. The highest BCUT2D eigenvalue weighted by Gasteiger charge is 2.40. The van der Waals surface area contributed by atoms with Crippen LogP contribution in [-0.2, 0) is 28.6 Å². The van der Waals surface area contributed by atoms with Gasteiger partial charge in [-0.25, -0.2) is 4.90 Å². The fourth-order valence-electron chi connectivity index (χ4n) is 5.02. The minimum Gasteiger partial charge on any atom is -0.485 e. The fraction of sp³-hybridized carbons (Fsp3) is 0.359. The molecule has 0 bridgehead atoms. The molecule has 0 radical (unpaired) electrons. The second kappa shape index (κ2) is 19.1. The Morgan fingerprint density at radius 1 is 0.685 bits per heavy atom.